The van der Waals surface area contributed by atoms with Gasteiger partial charge in [-0.05, 0) is 44.2 Å². The second-order valence-electron chi connectivity index (χ2n) is 5.54. The number of aromatic nitrogens is 3. The lowest BCUT2D eigenvalue weighted by Crippen LogP contribution is -2.32. The summed E-state index contributed by atoms with van der Waals surface area (Å²) in [7, 11) is 0. The van der Waals surface area contributed by atoms with Gasteiger partial charge in [-0.2, -0.15) is 0 Å². The topological polar surface area (TPSA) is 43.2 Å². The molecule has 114 valence electrons. The molecule has 2 aromatic rings. The second kappa shape index (κ2) is 6.15. The fourth-order valence-corrected chi connectivity index (χ4v) is 3.62. The SMILES string of the molecule is CCn1c(-c2cc(C)cs2)nnc1N1CCCOC(C)C1. The Morgan fingerprint density at radius 1 is 1.43 bits per heavy atom. The smallest absolute Gasteiger partial charge is 0.227 e. The van der Waals surface area contributed by atoms with Gasteiger partial charge in [-0.15, -0.1) is 21.5 Å². The molecule has 3 heterocycles. The summed E-state index contributed by atoms with van der Waals surface area (Å²) >= 11 is 1.73. The van der Waals surface area contributed by atoms with Gasteiger partial charge >= 0.3 is 0 Å². The summed E-state index contributed by atoms with van der Waals surface area (Å²) in [5.74, 6) is 1.94. The maximum absolute atomic E-state index is 5.73. The maximum atomic E-state index is 5.73. The predicted octanol–water partition coefficient (Wildman–Crippen LogP) is 2.95. The zero-order valence-corrected chi connectivity index (χ0v) is 13.7. The first kappa shape index (κ1) is 14.5. The van der Waals surface area contributed by atoms with E-state index in [1.807, 2.05) is 0 Å². The van der Waals surface area contributed by atoms with Crippen molar-refractivity contribution in [2.24, 2.45) is 0 Å². The van der Waals surface area contributed by atoms with E-state index in [1.54, 1.807) is 11.3 Å². The molecule has 6 heteroatoms. The van der Waals surface area contributed by atoms with Crippen molar-refractivity contribution < 1.29 is 4.74 Å². The van der Waals surface area contributed by atoms with Crippen molar-refractivity contribution in [3.63, 3.8) is 0 Å². The lowest BCUT2D eigenvalue weighted by Gasteiger charge is -2.23. The van der Waals surface area contributed by atoms with E-state index in [2.05, 4.69) is 51.9 Å². The molecular formula is C15H22N4OS. The first-order chi connectivity index (χ1) is 10.2. The van der Waals surface area contributed by atoms with Gasteiger partial charge in [0.1, 0.15) is 0 Å². The van der Waals surface area contributed by atoms with Gasteiger partial charge in [0.05, 0.1) is 11.0 Å². The van der Waals surface area contributed by atoms with Gasteiger partial charge in [0.25, 0.3) is 0 Å². The molecule has 1 fully saturated rings. The Morgan fingerprint density at radius 3 is 3.00 bits per heavy atom. The van der Waals surface area contributed by atoms with Gasteiger partial charge in [-0.1, -0.05) is 0 Å². The van der Waals surface area contributed by atoms with Gasteiger partial charge in [-0.25, -0.2) is 0 Å². The molecule has 5 nitrogen and oxygen atoms in total. The Kier molecular flexibility index (Phi) is 4.26. The molecule has 21 heavy (non-hydrogen) atoms. The van der Waals surface area contributed by atoms with Crippen LogP contribution in [0.3, 0.4) is 0 Å². The molecule has 0 N–H and O–H groups in total. The molecule has 1 aliphatic heterocycles. The van der Waals surface area contributed by atoms with E-state index in [1.165, 1.54) is 10.4 Å². The van der Waals surface area contributed by atoms with E-state index < -0.39 is 0 Å². The number of thiophene rings is 1. The minimum atomic E-state index is 0.238. The lowest BCUT2D eigenvalue weighted by molar-refractivity contribution is 0.0819. The lowest BCUT2D eigenvalue weighted by atomic mass is 10.3. The minimum absolute atomic E-state index is 0.238. The summed E-state index contributed by atoms with van der Waals surface area (Å²) in [6.07, 6.45) is 1.27. The normalized spacial score (nSPS) is 19.8. The first-order valence-corrected chi connectivity index (χ1v) is 8.42. The van der Waals surface area contributed by atoms with Gasteiger partial charge in [0.15, 0.2) is 5.82 Å². The van der Waals surface area contributed by atoms with Crippen molar-refractivity contribution in [3.05, 3.63) is 17.0 Å². The molecule has 2 aromatic heterocycles. The fraction of sp³-hybridized carbons (Fsp3) is 0.600. The highest BCUT2D eigenvalue weighted by Crippen LogP contribution is 2.28. The van der Waals surface area contributed by atoms with Gasteiger partial charge < -0.3 is 9.64 Å². The third-order valence-electron chi connectivity index (χ3n) is 3.73. The molecule has 0 spiro atoms. The summed E-state index contributed by atoms with van der Waals surface area (Å²) in [5, 5.41) is 11.1. The van der Waals surface area contributed by atoms with E-state index in [-0.39, 0.29) is 6.10 Å². The number of anilines is 1. The zero-order valence-electron chi connectivity index (χ0n) is 12.9. The summed E-state index contributed by atoms with van der Waals surface area (Å²) < 4.78 is 7.94. The molecule has 0 radical (unpaired) electrons. The van der Waals surface area contributed by atoms with E-state index >= 15 is 0 Å². The molecule has 1 saturated heterocycles. The van der Waals surface area contributed by atoms with E-state index in [0.717, 1.165) is 44.4 Å². The molecule has 0 aliphatic carbocycles. The number of rotatable bonds is 3. The van der Waals surface area contributed by atoms with E-state index in [4.69, 9.17) is 4.74 Å². The standard InChI is InChI=1S/C15H22N4OS/c1-4-19-14(13-8-11(2)10-21-13)16-17-15(19)18-6-5-7-20-12(3)9-18/h8,10,12H,4-7,9H2,1-3H3. The van der Waals surface area contributed by atoms with Crippen LogP contribution in [0, 0.1) is 6.92 Å². The Morgan fingerprint density at radius 2 is 2.29 bits per heavy atom. The van der Waals surface area contributed by atoms with Crippen LogP contribution in [0.5, 0.6) is 0 Å². The summed E-state index contributed by atoms with van der Waals surface area (Å²) in [6, 6.07) is 2.18. The highest BCUT2D eigenvalue weighted by Gasteiger charge is 2.22. The molecule has 0 saturated carbocycles. The first-order valence-electron chi connectivity index (χ1n) is 7.54. The van der Waals surface area contributed by atoms with Crippen LogP contribution in [-0.2, 0) is 11.3 Å². The third-order valence-corrected chi connectivity index (χ3v) is 4.78. The monoisotopic (exact) mass is 306 g/mol. The highest BCUT2D eigenvalue weighted by molar-refractivity contribution is 7.13. The maximum Gasteiger partial charge on any atom is 0.227 e. The molecule has 0 amide bonds. The van der Waals surface area contributed by atoms with Crippen molar-refractivity contribution in [1.82, 2.24) is 14.8 Å². The average molecular weight is 306 g/mol. The molecule has 1 unspecified atom stereocenters. The zero-order chi connectivity index (χ0) is 14.8. The van der Waals surface area contributed by atoms with Crippen molar-refractivity contribution in [2.45, 2.75) is 39.8 Å². The van der Waals surface area contributed by atoms with Crippen LogP contribution in [0.2, 0.25) is 0 Å². The molecule has 1 aliphatic rings. The number of hydrogen-bond acceptors (Lipinski definition) is 5. The third kappa shape index (κ3) is 2.96. The Hall–Kier alpha value is -1.40. The van der Waals surface area contributed by atoms with E-state index in [9.17, 15) is 0 Å². The number of hydrogen-bond donors (Lipinski definition) is 0. The molecule has 1 atom stereocenters. The molecule has 0 aromatic carbocycles. The summed E-state index contributed by atoms with van der Waals surface area (Å²) in [5.41, 5.74) is 1.28. The van der Waals surface area contributed by atoms with Gasteiger partial charge in [-0.3, -0.25) is 4.57 Å². The average Bonchev–Trinajstić information content (AvgIpc) is 3.01. The number of aryl methyl sites for hydroxylation is 1. The van der Waals surface area contributed by atoms with Crippen molar-refractivity contribution in [1.29, 1.82) is 0 Å². The quantitative estimate of drug-likeness (QED) is 0.874. The number of nitrogens with zero attached hydrogens (tertiary/aromatic N) is 4. The highest BCUT2D eigenvalue weighted by atomic mass is 32.1. The van der Waals surface area contributed by atoms with Crippen LogP contribution in [0.25, 0.3) is 10.7 Å². The van der Waals surface area contributed by atoms with Crippen LogP contribution < -0.4 is 4.90 Å². The van der Waals surface area contributed by atoms with Gasteiger partial charge in [0.2, 0.25) is 5.95 Å². The molecule has 3 rings (SSSR count). The predicted molar refractivity (Wildman–Crippen MR) is 86.0 cm³/mol. The largest absolute Gasteiger partial charge is 0.377 e. The summed E-state index contributed by atoms with van der Waals surface area (Å²) in [4.78, 5) is 3.49. The van der Waals surface area contributed by atoms with Crippen molar-refractivity contribution in [3.8, 4) is 10.7 Å². The molecule has 0 bridgehead atoms. The minimum Gasteiger partial charge on any atom is -0.377 e. The van der Waals surface area contributed by atoms with Crippen molar-refractivity contribution >= 4 is 17.3 Å². The second-order valence-corrected chi connectivity index (χ2v) is 6.45. The number of ether oxygens (including phenoxy) is 1. The summed E-state index contributed by atoms with van der Waals surface area (Å²) in [6.45, 7) is 9.94. The van der Waals surface area contributed by atoms with Crippen LogP contribution in [0.15, 0.2) is 11.4 Å². The Balaban J connectivity index is 1.94. The van der Waals surface area contributed by atoms with Crippen LogP contribution >= 0.6 is 11.3 Å². The Bertz CT molecular complexity index is 607. The van der Waals surface area contributed by atoms with E-state index in [0.29, 0.717) is 0 Å². The van der Waals surface area contributed by atoms with Crippen LogP contribution in [-0.4, -0.2) is 40.6 Å². The molecular weight excluding hydrogens is 284 g/mol. The Labute approximate surface area is 129 Å². The fourth-order valence-electron chi connectivity index (χ4n) is 2.73. The van der Waals surface area contributed by atoms with Gasteiger partial charge in [0, 0.05) is 26.2 Å². The van der Waals surface area contributed by atoms with Crippen LogP contribution in [0.4, 0.5) is 5.95 Å². The van der Waals surface area contributed by atoms with Crippen LogP contribution in [0.1, 0.15) is 25.8 Å². The van der Waals surface area contributed by atoms with Crippen molar-refractivity contribution in [2.75, 3.05) is 24.6 Å².